The maximum Gasteiger partial charge on any atom is 0.243 e. The minimum atomic E-state index is -0.819. The zero-order valence-electron chi connectivity index (χ0n) is 19.4. The number of hydrogen-bond acceptors (Lipinski definition) is 5. The molecule has 0 radical (unpaired) electrons. The molecule has 0 heterocycles. The maximum atomic E-state index is 12.8. The van der Waals surface area contributed by atoms with Gasteiger partial charge in [0, 0.05) is 13.0 Å². The highest BCUT2D eigenvalue weighted by Crippen LogP contribution is 2.10. The van der Waals surface area contributed by atoms with Gasteiger partial charge in [-0.1, -0.05) is 34.6 Å². The number of aliphatic imine (C=N–C) groups is 1. The molecule has 0 aliphatic rings. The molecule has 0 bridgehead atoms. The van der Waals surface area contributed by atoms with Crippen molar-refractivity contribution in [3.63, 3.8) is 0 Å². The van der Waals surface area contributed by atoms with Gasteiger partial charge < -0.3 is 32.2 Å². The number of hydrogen-bond donors (Lipinski definition) is 5. The summed E-state index contributed by atoms with van der Waals surface area (Å²) in [6.07, 6.45) is 2.66. The molecule has 0 spiro atoms. The van der Waals surface area contributed by atoms with E-state index in [9.17, 15) is 19.2 Å². The summed E-state index contributed by atoms with van der Waals surface area (Å²) in [6, 6.07) is -2.25. The largest absolute Gasteiger partial charge is 0.370 e. The summed E-state index contributed by atoms with van der Waals surface area (Å²) in [7, 11) is 0. The van der Waals surface area contributed by atoms with Crippen LogP contribution >= 0.6 is 0 Å². The van der Waals surface area contributed by atoms with E-state index < -0.39 is 29.9 Å². The number of nitrogens with two attached hydrogens (primary N) is 2. The number of nitrogens with zero attached hydrogens (tertiary/aromatic N) is 1. The van der Waals surface area contributed by atoms with Crippen LogP contribution in [0.1, 0.15) is 66.7 Å². The van der Waals surface area contributed by atoms with E-state index in [1.54, 1.807) is 6.92 Å². The van der Waals surface area contributed by atoms with Gasteiger partial charge in [-0.2, -0.15) is 0 Å². The van der Waals surface area contributed by atoms with Crippen molar-refractivity contribution in [2.24, 2.45) is 28.3 Å². The quantitative estimate of drug-likeness (QED) is 0.105. The Kier molecular flexibility index (Phi) is 13.9. The number of carbonyl (C=O) groups excluding carboxylic acids is 4. The Morgan fingerprint density at radius 3 is 1.87 bits per heavy atom. The number of amides is 3. The minimum Gasteiger partial charge on any atom is -0.370 e. The Balaban J connectivity index is 5.16. The number of guanidine groups is 1. The maximum absolute atomic E-state index is 12.8. The standard InChI is InChI=1S/C21H40N6O4/c1-6-18(29)26-16(10-13(2)3)20(31)27-17(11-14(4)5)19(30)25-15(12-28)8-7-9-24-21(22)23/h12-17H,6-11H2,1-5H3,(H,25,30)(H,26,29)(H,27,31)(H4,22,23,24)/t15-,16+,17+/m1/s1. The molecule has 0 rings (SSSR count). The van der Waals surface area contributed by atoms with Crippen molar-refractivity contribution in [3.8, 4) is 0 Å². The number of carbonyl (C=O) groups is 4. The van der Waals surface area contributed by atoms with Crippen molar-refractivity contribution in [3.05, 3.63) is 0 Å². The molecule has 0 aromatic heterocycles. The summed E-state index contributed by atoms with van der Waals surface area (Å²) in [4.78, 5) is 52.7. The van der Waals surface area contributed by atoms with Gasteiger partial charge in [-0.25, -0.2) is 0 Å². The molecule has 3 amide bonds. The highest BCUT2D eigenvalue weighted by atomic mass is 16.2. The molecule has 31 heavy (non-hydrogen) atoms. The molecule has 0 aromatic rings. The number of nitrogens with one attached hydrogen (secondary N) is 3. The van der Waals surface area contributed by atoms with Gasteiger partial charge in [0.25, 0.3) is 0 Å². The van der Waals surface area contributed by atoms with E-state index in [4.69, 9.17) is 11.5 Å². The fourth-order valence-electron chi connectivity index (χ4n) is 2.95. The molecule has 0 saturated carbocycles. The molecular weight excluding hydrogens is 400 g/mol. The van der Waals surface area contributed by atoms with Crippen LogP contribution in [0.15, 0.2) is 4.99 Å². The second kappa shape index (κ2) is 15.2. The molecule has 0 fully saturated rings. The van der Waals surface area contributed by atoms with Crippen molar-refractivity contribution < 1.29 is 19.2 Å². The van der Waals surface area contributed by atoms with Gasteiger partial charge in [0.05, 0.1) is 6.04 Å². The van der Waals surface area contributed by atoms with Crippen LogP contribution < -0.4 is 27.4 Å². The molecular formula is C21H40N6O4. The summed E-state index contributed by atoms with van der Waals surface area (Å²) in [5.41, 5.74) is 10.5. The summed E-state index contributed by atoms with van der Waals surface area (Å²) in [5, 5.41) is 8.15. The molecule has 3 atom stereocenters. The predicted octanol–water partition coefficient (Wildman–Crippen LogP) is 0.196. The second-order valence-electron chi connectivity index (χ2n) is 8.49. The molecule has 10 nitrogen and oxygen atoms in total. The Bertz CT molecular complexity index is 617. The lowest BCUT2D eigenvalue weighted by molar-refractivity contribution is -0.133. The Morgan fingerprint density at radius 2 is 1.42 bits per heavy atom. The van der Waals surface area contributed by atoms with Gasteiger partial charge in [0.2, 0.25) is 17.7 Å². The lowest BCUT2D eigenvalue weighted by Crippen LogP contribution is -2.55. The van der Waals surface area contributed by atoms with Gasteiger partial charge in [-0.05, 0) is 37.5 Å². The third-order valence-corrected chi connectivity index (χ3v) is 4.48. The van der Waals surface area contributed by atoms with E-state index in [0.717, 1.165) is 0 Å². The van der Waals surface area contributed by atoms with Crippen molar-refractivity contribution in [2.45, 2.75) is 84.8 Å². The van der Waals surface area contributed by atoms with Crippen LogP contribution in [0.25, 0.3) is 0 Å². The molecule has 0 aliphatic carbocycles. The normalized spacial score (nSPS) is 13.8. The smallest absolute Gasteiger partial charge is 0.243 e. The molecule has 0 aliphatic heterocycles. The van der Waals surface area contributed by atoms with Crippen LogP contribution in [0.4, 0.5) is 0 Å². The highest BCUT2D eigenvalue weighted by molar-refractivity contribution is 5.92. The van der Waals surface area contributed by atoms with Crippen LogP contribution in [-0.4, -0.2) is 54.6 Å². The van der Waals surface area contributed by atoms with Crippen LogP contribution in [0.5, 0.6) is 0 Å². The van der Waals surface area contributed by atoms with Crippen molar-refractivity contribution in [1.82, 2.24) is 16.0 Å². The van der Waals surface area contributed by atoms with E-state index in [-0.39, 0.29) is 30.1 Å². The van der Waals surface area contributed by atoms with E-state index >= 15 is 0 Å². The lowest BCUT2D eigenvalue weighted by atomic mass is 9.99. The van der Waals surface area contributed by atoms with E-state index in [2.05, 4.69) is 20.9 Å². The van der Waals surface area contributed by atoms with Gasteiger partial charge in [0.15, 0.2) is 5.96 Å². The molecule has 10 heteroatoms. The van der Waals surface area contributed by atoms with Gasteiger partial charge >= 0.3 is 0 Å². The van der Waals surface area contributed by atoms with Gasteiger partial charge in [-0.15, -0.1) is 0 Å². The third-order valence-electron chi connectivity index (χ3n) is 4.48. The molecule has 0 aromatic carbocycles. The van der Waals surface area contributed by atoms with Crippen molar-refractivity contribution >= 4 is 30.0 Å². The molecule has 178 valence electrons. The van der Waals surface area contributed by atoms with E-state index in [0.29, 0.717) is 38.5 Å². The zero-order valence-corrected chi connectivity index (χ0v) is 19.4. The molecule has 0 saturated heterocycles. The number of rotatable bonds is 15. The van der Waals surface area contributed by atoms with E-state index in [1.807, 2.05) is 27.7 Å². The van der Waals surface area contributed by atoms with Crippen LogP contribution in [-0.2, 0) is 19.2 Å². The predicted molar refractivity (Wildman–Crippen MR) is 121 cm³/mol. The minimum absolute atomic E-state index is 0.0301. The summed E-state index contributed by atoms with van der Waals surface area (Å²) in [6.45, 7) is 9.83. The second-order valence-corrected chi connectivity index (χ2v) is 8.49. The lowest BCUT2D eigenvalue weighted by Gasteiger charge is -2.26. The first-order valence-electron chi connectivity index (χ1n) is 10.9. The first-order valence-corrected chi connectivity index (χ1v) is 10.9. The van der Waals surface area contributed by atoms with Gasteiger partial charge in [-0.3, -0.25) is 19.4 Å². The van der Waals surface area contributed by atoms with Crippen molar-refractivity contribution in [1.29, 1.82) is 0 Å². The first-order chi connectivity index (χ1) is 14.5. The van der Waals surface area contributed by atoms with Crippen LogP contribution in [0.3, 0.4) is 0 Å². The van der Waals surface area contributed by atoms with Crippen LogP contribution in [0.2, 0.25) is 0 Å². The van der Waals surface area contributed by atoms with Crippen molar-refractivity contribution in [2.75, 3.05) is 6.54 Å². The monoisotopic (exact) mass is 440 g/mol. The fraction of sp³-hybridized carbons (Fsp3) is 0.762. The SMILES string of the molecule is CCC(=O)N[C@@H](CC(C)C)C(=O)N[C@@H](CC(C)C)C(=O)N[C@@H](C=O)CCCN=C(N)N. The number of aldehydes is 1. The Labute approximate surface area is 185 Å². The topological polar surface area (TPSA) is 169 Å². The van der Waals surface area contributed by atoms with Gasteiger partial charge in [0.1, 0.15) is 18.4 Å². The first kappa shape index (κ1) is 28.4. The molecule has 7 N–H and O–H groups in total. The molecule has 0 unspecified atom stereocenters. The van der Waals surface area contributed by atoms with Crippen LogP contribution in [0, 0.1) is 11.8 Å². The summed E-state index contributed by atoms with van der Waals surface area (Å²) < 4.78 is 0. The Morgan fingerprint density at radius 1 is 0.903 bits per heavy atom. The average Bonchev–Trinajstić information content (AvgIpc) is 2.67. The zero-order chi connectivity index (χ0) is 24.0. The third kappa shape index (κ3) is 13.3. The summed E-state index contributed by atoms with van der Waals surface area (Å²) >= 11 is 0. The van der Waals surface area contributed by atoms with E-state index in [1.165, 1.54) is 0 Å². The highest BCUT2D eigenvalue weighted by Gasteiger charge is 2.28. The fourth-order valence-corrected chi connectivity index (χ4v) is 2.95. The average molecular weight is 441 g/mol. The summed E-state index contributed by atoms with van der Waals surface area (Å²) in [5.74, 6) is -0.806. The Hall–Kier alpha value is -2.65.